The number of esters is 1. The van der Waals surface area contributed by atoms with Gasteiger partial charge in [0.15, 0.2) is 16.9 Å². The average Bonchev–Trinajstić information content (AvgIpc) is 3.43. The molecule has 3 heterocycles. The highest BCUT2D eigenvalue weighted by molar-refractivity contribution is 5.91. The number of hydrogen-bond acceptors (Lipinski definition) is 7. The molecule has 2 N–H and O–H groups in total. The lowest BCUT2D eigenvalue weighted by Gasteiger charge is -2.07. The number of aromatic amines is 1. The van der Waals surface area contributed by atoms with Crippen LogP contribution in [0.2, 0.25) is 0 Å². The molecule has 0 aromatic carbocycles. The summed E-state index contributed by atoms with van der Waals surface area (Å²) in [6, 6.07) is 3.17. The number of unbranched alkanes of at least 4 members (excludes halogenated alkanes) is 1. The maximum absolute atomic E-state index is 12.4. The predicted molar refractivity (Wildman–Crippen MR) is 115 cm³/mol. The minimum Gasteiger partial charge on any atom is -0.459 e. The molecule has 0 saturated carbocycles. The SMILES string of the molecule is CCCCn1c(=O)[nH]c(=O)c2c1nc(COC(=O)CCCNC(=O)c1ccco1)n2CC. The third-order valence-corrected chi connectivity index (χ3v) is 4.97. The zero-order valence-electron chi connectivity index (χ0n) is 18.2. The molecule has 3 rings (SSSR count). The van der Waals surface area contributed by atoms with Gasteiger partial charge in [0.2, 0.25) is 0 Å². The molecule has 0 spiro atoms. The molecule has 0 fully saturated rings. The van der Waals surface area contributed by atoms with Crippen molar-refractivity contribution in [2.24, 2.45) is 0 Å². The van der Waals surface area contributed by atoms with E-state index in [1.165, 1.54) is 10.8 Å². The topological polar surface area (TPSA) is 141 Å². The van der Waals surface area contributed by atoms with Gasteiger partial charge in [-0.1, -0.05) is 13.3 Å². The van der Waals surface area contributed by atoms with Crippen molar-refractivity contribution in [3.63, 3.8) is 0 Å². The van der Waals surface area contributed by atoms with Gasteiger partial charge in [-0.2, -0.15) is 0 Å². The van der Waals surface area contributed by atoms with E-state index in [-0.39, 0.29) is 30.2 Å². The van der Waals surface area contributed by atoms with Gasteiger partial charge in [-0.15, -0.1) is 0 Å². The second kappa shape index (κ2) is 10.6. The Labute approximate surface area is 183 Å². The number of ether oxygens (including phenoxy) is 1. The average molecular weight is 445 g/mol. The Bertz CT molecular complexity index is 1190. The monoisotopic (exact) mass is 445 g/mol. The number of H-pyrrole nitrogens is 1. The molecule has 11 nitrogen and oxygen atoms in total. The number of amides is 1. The summed E-state index contributed by atoms with van der Waals surface area (Å²) in [5.74, 6) is -0.203. The van der Waals surface area contributed by atoms with Crippen LogP contribution in [0.15, 0.2) is 32.4 Å². The summed E-state index contributed by atoms with van der Waals surface area (Å²) in [6.07, 6.45) is 3.56. The molecule has 0 aliphatic carbocycles. The Morgan fingerprint density at radius 2 is 2.03 bits per heavy atom. The third kappa shape index (κ3) is 5.16. The van der Waals surface area contributed by atoms with Crippen molar-refractivity contribution < 1.29 is 18.7 Å². The van der Waals surface area contributed by atoms with Gasteiger partial charge in [-0.25, -0.2) is 9.78 Å². The Balaban J connectivity index is 1.62. The van der Waals surface area contributed by atoms with Crippen molar-refractivity contribution in [1.82, 2.24) is 24.4 Å². The normalized spacial score (nSPS) is 11.1. The molecule has 3 aromatic heterocycles. The fraction of sp³-hybridized carbons (Fsp3) is 0.476. The maximum atomic E-state index is 12.4. The van der Waals surface area contributed by atoms with Crippen molar-refractivity contribution in [3.8, 4) is 0 Å². The van der Waals surface area contributed by atoms with Crippen LogP contribution in [0.5, 0.6) is 0 Å². The molecule has 0 bridgehead atoms. The quantitative estimate of drug-likeness (QED) is 0.337. The van der Waals surface area contributed by atoms with Gasteiger partial charge in [0.05, 0.1) is 6.26 Å². The maximum Gasteiger partial charge on any atom is 0.330 e. The number of imidazole rings is 1. The van der Waals surface area contributed by atoms with Gasteiger partial charge in [-0.3, -0.25) is 23.9 Å². The molecule has 0 aliphatic heterocycles. The predicted octanol–water partition coefficient (Wildman–Crippen LogP) is 1.55. The van der Waals surface area contributed by atoms with Gasteiger partial charge in [0.25, 0.3) is 11.5 Å². The third-order valence-electron chi connectivity index (χ3n) is 4.97. The van der Waals surface area contributed by atoms with Crippen molar-refractivity contribution in [2.75, 3.05) is 6.54 Å². The zero-order chi connectivity index (χ0) is 23.1. The highest BCUT2D eigenvalue weighted by Gasteiger charge is 2.18. The van der Waals surface area contributed by atoms with E-state index in [4.69, 9.17) is 9.15 Å². The number of nitrogens with one attached hydrogen (secondary N) is 2. The summed E-state index contributed by atoms with van der Waals surface area (Å²) in [5, 5.41) is 2.66. The summed E-state index contributed by atoms with van der Waals surface area (Å²) in [4.78, 5) is 55.3. The van der Waals surface area contributed by atoms with Gasteiger partial charge >= 0.3 is 11.7 Å². The number of rotatable bonds is 11. The summed E-state index contributed by atoms with van der Waals surface area (Å²) in [6.45, 7) is 4.88. The summed E-state index contributed by atoms with van der Waals surface area (Å²) < 4.78 is 13.4. The number of fused-ring (bicyclic) bond motifs is 1. The Hall–Kier alpha value is -3.63. The van der Waals surface area contributed by atoms with E-state index >= 15 is 0 Å². The minimum atomic E-state index is -0.517. The molecule has 3 aromatic rings. The van der Waals surface area contributed by atoms with Gasteiger partial charge in [0, 0.05) is 26.1 Å². The lowest BCUT2D eigenvalue weighted by Crippen LogP contribution is -2.31. The van der Waals surface area contributed by atoms with Gasteiger partial charge in [0.1, 0.15) is 12.4 Å². The number of carbonyl (C=O) groups is 2. The molecule has 11 heteroatoms. The van der Waals surface area contributed by atoms with Crippen molar-refractivity contribution in [2.45, 2.75) is 59.2 Å². The molecule has 0 aliphatic rings. The molecule has 0 unspecified atom stereocenters. The van der Waals surface area contributed by atoms with Crippen LogP contribution in [0.1, 0.15) is 55.9 Å². The molecule has 32 heavy (non-hydrogen) atoms. The number of nitrogens with zero attached hydrogens (tertiary/aromatic N) is 3. The second-order valence-corrected chi connectivity index (χ2v) is 7.21. The number of aryl methyl sites for hydroxylation is 2. The standard InChI is InChI=1S/C21H27N5O6/c1-3-5-11-26-18-17(20(29)24-21(26)30)25(4-2)15(23-18)13-32-16(27)9-6-10-22-19(28)14-8-7-12-31-14/h7-8,12H,3-6,9-11,13H2,1-2H3,(H,22,28)(H,24,29,30). The van der Waals surface area contributed by atoms with E-state index < -0.39 is 17.2 Å². The van der Waals surface area contributed by atoms with E-state index in [0.29, 0.717) is 37.5 Å². The van der Waals surface area contributed by atoms with Crippen LogP contribution >= 0.6 is 0 Å². The van der Waals surface area contributed by atoms with Crippen LogP contribution in [0.25, 0.3) is 11.2 Å². The highest BCUT2D eigenvalue weighted by Crippen LogP contribution is 2.13. The fourth-order valence-electron chi connectivity index (χ4n) is 3.34. The number of carbonyl (C=O) groups excluding carboxylic acids is 2. The first-order chi connectivity index (χ1) is 15.5. The summed E-state index contributed by atoms with van der Waals surface area (Å²) in [5.41, 5.74) is -0.440. The highest BCUT2D eigenvalue weighted by atomic mass is 16.5. The van der Waals surface area contributed by atoms with Crippen molar-refractivity contribution in [1.29, 1.82) is 0 Å². The van der Waals surface area contributed by atoms with Crippen LogP contribution in [-0.4, -0.2) is 37.5 Å². The summed E-state index contributed by atoms with van der Waals surface area (Å²) in [7, 11) is 0. The van der Waals surface area contributed by atoms with Gasteiger partial charge in [-0.05, 0) is 31.9 Å². The lowest BCUT2D eigenvalue weighted by atomic mass is 10.3. The fourth-order valence-corrected chi connectivity index (χ4v) is 3.34. The van der Waals surface area contributed by atoms with Crippen LogP contribution < -0.4 is 16.6 Å². The summed E-state index contributed by atoms with van der Waals surface area (Å²) >= 11 is 0. The molecule has 0 radical (unpaired) electrons. The molecule has 172 valence electrons. The molecular formula is C21H27N5O6. The van der Waals surface area contributed by atoms with E-state index in [1.54, 1.807) is 16.7 Å². The van der Waals surface area contributed by atoms with Crippen LogP contribution in [0.4, 0.5) is 0 Å². The van der Waals surface area contributed by atoms with E-state index in [0.717, 1.165) is 12.8 Å². The first-order valence-electron chi connectivity index (χ1n) is 10.7. The lowest BCUT2D eigenvalue weighted by molar-refractivity contribution is -0.145. The van der Waals surface area contributed by atoms with Crippen LogP contribution in [0, 0.1) is 0 Å². The van der Waals surface area contributed by atoms with E-state index in [1.807, 2.05) is 13.8 Å². The first kappa shape index (κ1) is 23.0. The number of furan rings is 1. The smallest absolute Gasteiger partial charge is 0.330 e. The van der Waals surface area contributed by atoms with E-state index in [2.05, 4.69) is 15.3 Å². The molecule has 0 atom stereocenters. The molecular weight excluding hydrogens is 418 g/mol. The number of hydrogen-bond donors (Lipinski definition) is 2. The minimum absolute atomic E-state index is 0.104. The second-order valence-electron chi connectivity index (χ2n) is 7.21. The van der Waals surface area contributed by atoms with Crippen LogP contribution in [-0.2, 0) is 29.2 Å². The zero-order valence-corrected chi connectivity index (χ0v) is 18.2. The molecule has 1 amide bonds. The Kier molecular flexibility index (Phi) is 7.63. The Morgan fingerprint density at radius 3 is 2.72 bits per heavy atom. The number of aromatic nitrogens is 4. The van der Waals surface area contributed by atoms with Crippen LogP contribution in [0.3, 0.4) is 0 Å². The largest absolute Gasteiger partial charge is 0.459 e. The molecule has 0 saturated heterocycles. The van der Waals surface area contributed by atoms with E-state index in [9.17, 15) is 19.2 Å². The van der Waals surface area contributed by atoms with Crippen molar-refractivity contribution >= 4 is 23.0 Å². The van der Waals surface area contributed by atoms with Gasteiger partial charge < -0.3 is 19.0 Å². The van der Waals surface area contributed by atoms with Crippen molar-refractivity contribution in [3.05, 3.63) is 50.8 Å². The first-order valence-corrected chi connectivity index (χ1v) is 10.7. The Morgan fingerprint density at radius 1 is 1.22 bits per heavy atom.